The van der Waals surface area contributed by atoms with Crippen LogP contribution in [0.5, 0.6) is 0 Å². The largest absolute Gasteiger partial charge is 0.325 e. The van der Waals surface area contributed by atoms with Gasteiger partial charge in [0.2, 0.25) is 6.41 Å². The van der Waals surface area contributed by atoms with E-state index in [9.17, 15) is 19.7 Å². The summed E-state index contributed by atoms with van der Waals surface area (Å²) in [5.41, 5.74) is -0.208. The molecule has 1 aromatic rings. The molecular weight excluding hydrogens is 202 g/mol. The van der Waals surface area contributed by atoms with E-state index in [0.717, 1.165) is 0 Å². The predicted octanol–water partition coefficient (Wildman–Crippen LogP) is 0.873. The Morgan fingerprint density at radius 1 is 1.40 bits per heavy atom. The molecule has 0 unspecified atom stereocenters. The normalized spacial score (nSPS) is 9.07. The number of rotatable bonds is 3. The van der Waals surface area contributed by atoms with Gasteiger partial charge in [-0.3, -0.25) is 20.2 Å². The van der Waals surface area contributed by atoms with Crippen molar-refractivity contribution in [3.8, 4) is 0 Å². The van der Waals surface area contributed by atoms with E-state index >= 15 is 0 Å². The van der Waals surface area contributed by atoms with Gasteiger partial charge in [-0.05, 0) is 6.07 Å². The molecule has 15 heavy (non-hydrogen) atoms. The van der Waals surface area contributed by atoms with Gasteiger partial charge in [-0.25, -0.2) is 4.79 Å². The molecule has 0 spiro atoms. The van der Waals surface area contributed by atoms with Gasteiger partial charge >= 0.3 is 6.03 Å². The number of nitro benzene ring substituents is 1. The lowest BCUT2D eigenvalue weighted by Gasteiger charge is -2.03. The van der Waals surface area contributed by atoms with Crippen LogP contribution in [0.15, 0.2) is 24.3 Å². The highest BCUT2D eigenvalue weighted by molar-refractivity contribution is 5.96. The molecule has 0 heterocycles. The van der Waals surface area contributed by atoms with Crippen LogP contribution in [0.2, 0.25) is 0 Å². The number of hydrogen-bond donors (Lipinski definition) is 2. The van der Waals surface area contributed by atoms with E-state index in [4.69, 9.17) is 0 Å². The second-order valence-corrected chi connectivity index (χ2v) is 2.49. The number of amides is 3. The molecule has 1 rings (SSSR count). The van der Waals surface area contributed by atoms with Crippen LogP contribution in [-0.2, 0) is 4.79 Å². The molecule has 3 amide bonds. The maximum atomic E-state index is 10.9. The molecule has 1 aromatic carbocycles. The number of imide groups is 1. The molecule has 2 N–H and O–H groups in total. The van der Waals surface area contributed by atoms with Gasteiger partial charge in [-0.15, -0.1) is 0 Å². The number of carbonyl (C=O) groups excluding carboxylic acids is 2. The Morgan fingerprint density at radius 2 is 2.07 bits per heavy atom. The van der Waals surface area contributed by atoms with E-state index < -0.39 is 11.0 Å². The lowest BCUT2D eigenvalue weighted by Crippen LogP contribution is -2.27. The average molecular weight is 209 g/mol. The van der Waals surface area contributed by atoms with Gasteiger partial charge in [0.25, 0.3) is 5.69 Å². The van der Waals surface area contributed by atoms with Crippen LogP contribution in [0.25, 0.3) is 0 Å². The molecule has 7 nitrogen and oxygen atoms in total. The molecule has 0 radical (unpaired) electrons. The summed E-state index contributed by atoms with van der Waals surface area (Å²) in [5.74, 6) is 0. The first kappa shape index (κ1) is 10.6. The quantitative estimate of drug-likeness (QED) is 0.438. The zero-order valence-corrected chi connectivity index (χ0v) is 7.47. The molecular formula is C8H7N3O4. The number of anilines is 1. The average Bonchev–Trinajstić information content (AvgIpc) is 2.18. The van der Waals surface area contributed by atoms with Crippen molar-refractivity contribution in [2.24, 2.45) is 0 Å². The summed E-state index contributed by atoms with van der Waals surface area (Å²) in [6.45, 7) is 0. The van der Waals surface area contributed by atoms with Gasteiger partial charge in [0.05, 0.1) is 4.92 Å². The van der Waals surface area contributed by atoms with Crippen molar-refractivity contribution in [3.63, 3.8) is 0 Å². The van der Waals surface area contributed by atoms with Crippen molar-refractivity contribution < 1.29 is 14.5 Å². The molecule has 0 atom stereocenters. The van der Waals surface area contributed by atoms with Gasteiger partial charge in [0.1, 0.15) is 5.69 Å². The van der Waals surface area contributed by atoms with Gasteiger partial charge in [-0.2, -0.15) is 0 Å². The summed E-state index contributed by atoms with van der Waals surface area (Å²) in [6.07, 6.45) is 0.185. The molecule has 0 aliphatic rings. The van der Waals surface area contributed by atoms with Crippen molar-refractivity contribution in [1.82, 2.24) is 5.32 Å². The van der Waals surface area contributed by atoms with E-state index in [1.165, 1.54) is 24.3 Å². The predicted molar refractivity (Wildman–Crippen MR) is 51.3 cm³/mol. The number of hydrogen-bond acceptors (Lipinski definition) is 4. The fourth-order valence-corrected chi connectivity index (χ4v) is 0.950. The van der Waals surface area contributed by atoms with Crippen molar-refractivity contribution in [1.29, 1.82) is 0 Å². The zero-order chi connectivity index (χ0) is 11.3. The third kappa shape index (κ3) is 2.76. The van der Waals surface area contributed by atoms with Crippen LogP contribution in [0, 0.1) is 10.1 Å². The SMILES string of the molecule is O=CNC(=O)Nc1ccccc1[N+](=O)[O-]. The summed E-state index contributed by atoms with van der Waals surface area (Å²) >= 11 is 0. The minimum atomic E-state index is -0.820. The van der Waals surface area contributed by atoms with Crippen LogP contribution < -0.4 is 10.6 Å². The summed E-state index contributed by atoms with van der Waals surface area (Å²) < 4.78 is 0. The molecule has 0 saturated heterocycles. The van der Waals surface area contributed by atoms with Crippen molar-refractivity contribution >= 4 is 23.8 Å². The second-order valence-electron chi connectivity index (χ2n) is 2.49. The third-order valence-corrected chi connectivity index (χ3v) is 1.54. The molecule has 0 fully saturated rings. The van der Waals surface area contributed by atoms with Gasteiger partial charge in [-0.1, -0.05) is 12.1 Å². The number of nitro groups is 1. The minimum absolute atomic E-state index is 0.0295. The fourth-order valence-electron chi connectivity index (χ4n) is 0.950. The summed E-state index contributed by atoms with van der Waals surface area (Å²) in [5, 5.41) is 14.5. The fraction of sp³-hybridized carbons (Fsp3) is 0. The Hall–Kier alpha value is -2.44. The van der Waals surface area contributed by atoms with Crippen LogP contribution in [0.3, 0.4) is 0 Å². The number of para-hydroxylation sites is 2. The number of nitrogens with zero attached hydrogens (tertiary/aromatic N) is 1. The first-order chi connectivity index (χ1) is 7.15. The second kappa shape index (κ2) is 4.70. The van der Waals surface area contributed by atoms with E-state index in [1.54, 1.807) is 5.32 Å². The maximum absolute atomic E-state index is 10.9. The summed E-state index contributed by atoms with van der Waals surface area (Å²) in [7, 11) is 0. The first-order valence-corrected chi connectivity index (χ1v) is 3.89. The number of benzene rings is 1. The highest BCUT2D eigenvalue weighted by Crippen LogP contribution is 2.22. The summed E-state index contributed by atoms with van der Waals surface area (Å²) in [6, 6.07) is 4.79. The molecule has 0 aliphatic carbocycles. The van der Waals surface area contributed by atoms with E-state index in [-0.39, 0.29) is 17.8 Å². The smallest absolute Gasteiger partial charge is 0.302 e. The number of urea groups is 1. The molecule has 0 aromatic heterocycles. The van der Waals surface area contributed by atoms with Gasteiger partial charge < -0.3 is 5.32 Å². The lowest BCUT2D eigenvalue weighted by molar-refractivity contribution is -0.383. The van der Waals surface area contributed by atoms with Crippen molar-refractivity contribution in [3.05, 3.63) is 34.4 Å². The molecule has 78 valence electrons. The standard InChI is InChI=1S/C8H7N3O4/c12-5-9-8(13)10-6-3-1-2-4-7(6)11(14)15/h1-5H,(H2,9,10,12,13). The van der Waals surface area contributed by atoms with E-state index in [0.29, 0.717) is 0 Å². The van der Waals surface area contributed by atoms with E-state index in [1.807, 2.05) is 0 Å². The third-order valence-electron chi connectivity index (χ3n) is 1.54. The zero-order valence-electron chi connectivity index (χ0n) is 7.47. The Morgan fingerprint density at radius 3 is 2.67 bits per heavy atom. The molecule has 0 aliphatic heterocycles. The van der Waals surface area contributed by atoms with Crippen LogP contribution in [0.4, 0.5) is 16.2 Å². The van der Waals surface area contributed by atoms with Crippen molar-refractivity contribution in [2.45, 2.75) is 0 Å². The topological polar surface area (TPSA) is 101 Å². The molecule has 7 heteroatoms. The Balaban J connectivity index is 2.89. The summed E-state index contributed by atoms with van der Waals surface area (Å²) in [4.78, 5) is 30.7. The van der Waals surface area contributed by atoms with Gasteiger partial charge in [0.15, 0.2) is 0 Å². The Bertz CT molecular complexity index is 405. The molecule has 0 bridgehead atoms. The minimum Gasteiger partial charge on any atom is -0.302 e. The van der Waals surface area contributed by atoms with Crippen molar-refractivity contribution in [2.75, 3.05) is 5.32 Å². The highest BCUT2D eigenvalue weighted by Gasteiger charge is 2.13. The van der Waals surface area contributed by atoms with E-state index in [2.05, 4.69) is 5.32 Å². The number of nitrogens with one attached hydrogen (secondary N) is 2. The Kier molecular flexibility index (Phi) is 3.33. The maximum Gasteiger partial charge on any atom is 0.325 e. The first-order valence-electron chi connectivity index (χ1n) is 3.89. The van der Waals surface area contributed by atoms with Gasteiger partial charge in [0, 0.05) is 6.07 Å². The molecule has 0 saturated carbocycles. The Labute approximate surface area is 84.2 Å². The highest BCUT2D eigenvalue weighted by atomic mass is 16.6. The van der Waals surface area contributed by atoms with Crippen LogP contribution in [-0.4, -0.2) is 17.4 Å². The monoisotopic (exact) mass is 209 g/mol. The number of carbonyl (C=O) groups is 2. The van der Waals surface area contributed by atoms with Crippen LogP contribution in [0.1, 0.15) is 0 Å². The van der Waals surface area contributed by atoms with Crippen LogP contribution >= 0.6 is 0 Å². The lowest BCUT2D eigenvalue weighted by atomic mass is 10.3.